The number of aromatic carboxylic acids is 1. The van der Waals surface area contributed by atoms with Gasteiger partial charge in [0.2, 0.25) is 0 Å². The monoisotopic (exact) mass is 358 g/mol. The molecule has 1 amide bonds. The Bertz CT molecular complexity index is 940. The highest BCUT2D eigenvalue weighted by Crippen LogP contribution is 2.30. The fraction of sp³-hybridized carbons (Fsp3) is 0. The number of aromatic hydroxyl groups is 1. The predicted octanol–water partition coefficient (Wildman–Crippen LogP) is 3.12. The van der Waals surface area contributed by atoms with Crippen LogP contribution in [0.4, 0.5) is 10.1 Å². The Hall–Kier alpha value is -3.13. The second-order valence-corrected chi connectivity index (χ2v) is 6.07. The number of carbonyl (C=O) groups excluding carboxylic acids is 1. The highest BCUT2D eigenvalue weighted by Gasteiger charge is 2.24. The number of hydrogen-bond acceptors (Lipinski definition) is 5. The summed E-state index contributed by atoms with van der Waals surface area (Å²) in [7, 11) is 0. The highest BCUT2D eigenvalue weighted by molar-refractivity contribution is 8.18. The molecule has 25 heavy (non-hydrogen) atoms. The van der Waals surface area contributed by atoms with Gasteiger partial charge in [-0.25, -0.2) is 14.2 Å². The van der Waals surface area contributed by atoms with Gasteiger partial charge < -0.3 is 15.5 Å². The first-order valence-corrected chi connectivity index (χ1v) is 7.85. The van der Waals surface area contributed by atoms with Gasteiger partial charge in [0, 0.05) is 0 Å². The molecule has 1 fully saturated rings. The van der Waals surface area contributed by atoms with Crippen molar-refractivity contribution in [3.63, 3.8) is 0 Å². The Labute approximate surface area is 145 Å². The van der Waals surface area contributed by atoms with E-state index in [2.05, 4.69) is 10.3 Å². The van der Waals surface area contributed by atoms with Crippen LogP contribution in [0.5, 0.6) is 5.75 Å². The summed E-state index contributed by atoms with van der Waals surface area (Å²) in [6, 6.07) is 9.50. The number of carbonyl (C=O) groups is 2. The van der Waals surface area contributed by atoms with E-state index in [0.29, 0.717) is 10.5 Å². The zero-order valence-electron chi connectivity index (χ0n) is 12.6. The van der Waals surface area contributed by atoms with Crippen LogP contribution in [0.2, 0.25) is 0 Å². The van der Waals surface area contributed by atoms with Crippen molar-refractivity contribution in [3.05, 3.63) is 64.3 Å². The van der Waals surface area contributed by atoms with Gasteiger partial charge in [0.25, 0.3) is 5.91 Å². The lowest BCUT2D eigenvalue weighted by Gasteiger charge is -2.02. The van der Waals surface area contributed by atoms with Crippen molar-refractivity contribution in [2.45, 2.75) is 0 Å². The SMILES string of the molecule is O=C1NC(=Nc2ccc(O)cc2C(=O)O)S/C1=C\c1cccc(F)c1. The molecule has 3 rings (SSSR count). The zero-order valence-corrected chi connectivity index (χ0v) is 13.4. The minimum Gasteiger partial charge on any atom is -0.508 e. The Balaban J connectivity index is 1.90. The average Bonchev–Trinajstić information content (AvgIpc) is 2.88. The van der Waals surface area contributed by atoms with E-state index in [4.69, 9.17) is 5.11 Å². The van der Waals surface area contributed by atoms with Crippen molar-refractivity contribution in [1.29, 1.82) is 0 Å². The van der Waals surface area contributed by atoms with Gasteiger partial charge in [0.15, 0.2) is 5.17 Å². The van der Waals surface area contributed by atoms with Crippen molar-refractivity contribution in [2.75, 3.05) is 0 Å². The number of nitrogens with one attached hydrogen (secondary N) is 1. The topological polar surface area (TPSA) is 99.0 Å². The minimum absolute atomic E-state index is 0.0973. The molecule has 8 heteroatoms. The van der Waals surface area contributed by atoms with Crippen LogP contribution in [0, 0.1) is 5.82 Å². The fourth-order valence-corrected chi connectivity index (χ4v) is 2.97. The summed E-state index contributed by atoms with van der Waals surface area (Å²) in [6.45, 7) is 0. The molecular weight excluding hydrogens is 347 g/mol. The van der Waals surface area contributed by atoms with Crippen LogP contribution in [0.1, 0.15) is 15.9 Å². The highest BCUT2D eigenvalue weighted by atomic mass is 32.2. The minimum atomic E-state index is -1.25. The quantitative estimate of drug-likeness (QED) is 0.732. The van der Waals surface area contributed by atoms with E-state index in [1.165, 1.54) is 36.4 Å². The first kappa shape index (κ1) is 16.7. The third-order valence-electron chi connectivity index (χ3n) is 3.23. The second kappa shape index (κ2) is 6.78. The number of amidine groups is 1. The van der Waals surface area contributed by atoms with Crippen molar-refractivity contribution in [3.8, 4) is 5.75 Å². The number of halogens is 1. The average molecular weight is 358 g/mol. The predicted molar refractivity (Wildman–Crippen MR) is 92.3 cm³/mol. The maximum atomic E-state index is 13.2. The van der Waals surface area contributed by atoms with Crippen LogP contribution in [0.3, 0.4) is 0 Å². The van der Waals surface area contributed by atoms with E-state index in [1.54, 1.807) is 6.07 Å². The molecule has 0 saturated carbocycles. The molecule has 6 nitrogen and oxygen atoms in total. The molecule has 0 atom stereocenters. The molecule has 0 aliphatic carbocycles. The largest absolute Gasteiger partial charge is 0.508 e. The molecule has 1 aliphatic rings. The van der Waals surface area contributed by atoms with Gasteiger partial charge in [0.1, 0.15) is 11.6 Å². The lowest BCUT2D eigenvalue weighted by atomic mass is 10.2. The molecule has 2 aromatic rings. The van der Waals surface area contributed by atoms with Gasteiger partial charge in [-0.15, -0.1) is 0 Å². The number of aliphatic imine (C=N–C) groups is 1. The lowest BCUT2D eigenvalue weighted by molar-refractivity contribution is -0.115. The number of rotatable bonds is 3. The summed E-state index contributed by atoms with van der Waals surface area (Å²) in [6.07, 6.45) is 1.51. The maximum Gasteiger partial charge on any atom is 0.338 e. The molecule has 2 aromatic carbocycles. The first-order valence-electron chi connectivity index (χ1n) is 7.04. The summed E-state index contributed by atoms with van der Waals surface area (Å²) in [5.74, 6) is -2.28. The number of hydrogen-bond donors (Lipinski definition) is 3. The van der Waals surface area contributed by atoms with Crippen LogP contribution in [-0.2, 0) is 4.79 Å². The third-order valence-corrected chi connectivity index (χ3v) is 4.14. The van der Waals surface area contributed by atoms with E-state index in [9.17, 15) is 19.1 Å². The molecule has 1 heterocycles. The molecule has 1 saturated heterocycles. The smallest absolute Gasteiger partial charge is 0.338 e. The van der Waals surface area contributed by atoms with Crippen LogP contribution in [0.15, 0.2) is 52.4 Å². The Morgan fingerprint density at radius 3 is 2.76 bits per heavy atom. The molecule has 0 bridgehead atoms. The number of phenolic OH excluding ortho intramolecular Hbond substituents is 1. The van der Waals surface area contributed by atoms with E-state index >= 15 is 0 Å². The Morgan fingerprint density at radius 2 is 2.04 bits per heavy atom. The first-order chi connectivity index (χ1) is 11.9. The van der Waals surface area contributed by atoms with Gasteiger partial charge >= 0.3 is 5.97 Å². The number of benzene rings is 2. The van der Waals surface area contributed by atoms with E-state index in [-0.39, 0.29) is 22.2 Å². The van der Waals surface area contributed by atoms with Crippen molar-refractivity contribution in [2.24, 2.45) is 4.99 Å². The Kier molecular flexibility index (Phi) is 4.53. The van der Waals surface area contributed by atoms with Crippen LogP contribution < -0.4 is 5.32 Å². The summed E-state index contributed by atoms with van der Waals surface area (Å²) in [5, 5.41) is 21.3. The summed E-state index contributed by atoms with van der Waals surface area (Å²) in [4.78, 5) is 27.7. The molecule has 3 N–H and O–H groups in total. The summed E-state index contributed by atoms with van der Waals surface area (Å²) >= 11 is 1.01. The third kappa shape index (κ3) is 3.86. The number of nitrogens with zero attached hydrogens (tertiary/aromatic N) is 1. The fourth-order valence-electron chi connectivity index (χ4n) is 2.13. The Morgan fingerprint density at radius 1 is 1.24 bits per heavy atom. The second-order valence-electron chi connectivity index (χ2n) is 5.04. The van der Waals surface area contributed by atoms with Crippen molar-refractivity contribution < 1.29 is 24.2 Å². The number of carboxylic acids is 1. The van der Waals surface area contributed by atoms with Gasteiger partial charge in [0.05, 0.1) is 16.2 Å². The van der Waals surface area contributed by atoms with Crippen molar-refractivity contribution in [1.82, 2.24) is 5.32 Å². The molecule has 1 aliphatic heterocycles. The van der Waals surface area contributed by atoms with E-state index < -0.39 is 17.7 Å². The standard InChI is InChI=1S/C17H11FN2O4S/c18-10-3-1-2-9(6-10)7-14-15(22)20-17(25-14)19-13-5-4-11(21)8-12(13)16(23)24/h1-8,21H,(H,23,24)(H,19,20,22)/b14-7-. The zero-order chi connectivity index (χ0) is 18.0. The summed E-state index contributed by atoms with van der Waals surface area (Å²) < 4.78 is 13.2. The molecule has 126 valence electrons. The van der Waals surface area contributed by atoms with Crippen molar-refractivity contribution >= 4 is 40.6 Å². The van der Waals surface area contributed by atoms with Gasteiger partial charge in [-0.05, 0) is 53.7 Å². The number of amides is 1. The molecule has 0 radical (unpaired) electrons. The maximum absolute atomic E-state index is 13.2. The lowest BCUT2D eigenvalue weighted by Crippen LogP contribution is -2.19. The van der Waals surface area contributed by atoms with Crippen LogP contribution in [0.25, 0.3) is 6.08 Å². The van der Waals surface area contributed by atoms with Gasteiger partial charge in [-0.1, -0.05) is 12.1 Å². The molecule has 0 unspecified atom stereocenters. The van der Waals surface area contributed by atoms with Crippen LogP contribution >= 0.6 is 11.8 Å². The summed E-state index contributed by atoms with van der Waals surface area (Å²) in [5.41, 5.74) is 0.430. The molecular formula is C17H11FN2O4S. The van der Waals surface area contributed by atoms with Gasteiger partial charge in [-0.3, -0.25) is 4.79 Å². The number of carboxylic acid groups (broad SMARTS) is 1. The van der Waals surface area contributed by atoms with Crippen LogP contribution in [-0.4, -0.2) is 27.3 Å². The van der Waals surface area contributed by atoms with E-state index in [0.717, 1.165) is 17.8 Å². The molecule has 0 spiro atoms. The number of phenols is 1. The number of thioether (sulfide) groups is 1. The molecule has 0 aromatic heterocycles. The normalized spacial score (nSPS) is 17.1. The van der Waals surface area contributed by atoms with E-state index in [1.807, 2.05) is 0 Å². The van der Waals surface area contributed by atoms with Gasteiger partial charge in [-0.2, -0.15) is 0 Å².